The maximum Gasteiger partial charge on any atom is 0.259 e. The fourth-order valence-corrected chi connectivity index (χ4v) is 2.30. The SMILES string of the molecule is O=C(CNC(=O)c1cccc(Br)c1)N/N=C/c1cccc(Cl)c1. The van der Waals surface area contributed by atoms with Crippen molar-refractivity contribution in [2.24, 2.45) is 5.10 Å². The summed E-state index contributed by atoms with van der Waals surface area (Å²) in [6.07, 6.45) is 1.47. The van der Waals surface area contributed by atoms with E-state index in [0.29, 0.717) is 10.6 Å². The number of nitrogens with zero attached hydrogens (tertiary/aromatic N) is 1. The molecule has 0 unspecified atom stereocenters. The van der Waals surface area contributed by atoms with Crippen LogP contribution in [0.1, 0.15) is 15.9 Å². The largest absolute Gasteiger partial charge is 0.343 e. The number of nitrogens with one attached hydrogen (secondary N) is 2. The first-order chi connectivity index (χ1) is 11.0. The molecule has 2 aromatic carbocycles. The zero-order valence-electron chi connectivity index (χ0n) is 11.9. The van der Waals surface area contributed by atoms with Crippen LogP contribution in [-0.2, 0) is 4.79 Å². The summed E-state index contributed by atoms with van der Waals surface area (Å²) in [6, 6.07) is 13.9. The molecule has 0 aliphatic rings. The van der Waals surface area contributed by atoms with E-state index in [0.717, 1.165) is 10.0 Å². The lowest BCUT2D eigenvalue weighted by Crippen LogP contribution is -2.34. The minimum atomic E-state index is -0.424. The summed E-state index contributed by atoms with van der Waals surface area (Å²) in [6.45, 7) is -0.168. The molecule has 118 valence electrons. The lowest BCUT2D eigenvalue weighted by atomic mass is 10.2. The van der Waals surface area contributed by atoms with E-state index in [2.05, 4.69) is 31.8 Å². The van der Waals surface area contributed by atoms with E-state index in [4.69, 9.17) is 11.6 Å². The molecule has 2 rings (SSSR count). The summed E-state index contributed by atoms with van der Waals surface area (Å²) < 4.78 is 0.792. The summed E-state index contributed by atoms with van der Waals surface area (Å²) in [4.78, 5) is 23.5. The average Bonchev–Trinajstić information content (AvgIpc) is 2.52. The molecule has 5 nitrogen and oxygen atoms in total. The monoisotopic (exact) mass is 393 g/mol. The Hall–Kier alpha value is -2.18. The smallest absolute Gasteiger partial charge is 0.259 e. The van der Waals surface area contributed by atoms with Crippen molar-refractivity contribution in [3.8, 4) is 0 Å². The molecule has 0 bridgehead atoms. The van der Waals surface area contributed by atoms with Crippen LogP contribution in [0.2, 0.25) is 5.02 Å². The highest BCUT2D eigenvalue weighted by Gasteiger charge is 2.07. The van der Waals surface area contributed by atoms with Gasteiger partial charge in [0.2, 0.25) is 0 Å². The molecular weight excluding hydrogens is 382 g/mol. The van der Waals surface area contributed by atoms with Crippen LogP contribution in [0.15, 0.2) is 58.1 Å². The first-order valence-electron chi connectivity index (χ1n) is 6.66. The highest BCUT2D eigenvalue weighted by atomic mass is 79.9. The second-order valence-electron chi connectivity index (χ2n) is 4.54. The van der Waals surface area contributed by atoms with Crippen LogP contribution in [0.4, 0.5) is 0 Å². The zero-order valence-corrected chi connectivity index (χ0v) is 14.3. The highest BCUT2D eigenvalue weighted by Crippen LogP contribution is 2.11. The Morgan fingerprint density at radius 2 is 1.96 bits per heavy atom. The fraction of sp³-hybridized carbons (Fsp3) is 0.0625. The van der Waals surface area contributed by atoms with Crippen LogP contribution in [-0.4, -0.2) is 24.6 Å². The predicted octanol–water partition coefficient (Wildman–Crippen LogP) is 2.98. The van der Waals surface area contributed by atoms with E-state index in [1.807, 2.05) is 6.07 Å². The van der Waals surface area contributed by atoms with Gasteiger partial charge in [0.15, 0.2) is 0 Å². The number of benzene rings is 2. The molecule has 0 saturated carbocycles. The molecule has 23 heavy (non-hydrogen) atoms. The molecule has 0 heterocycles. The molecule has 0 aliphatic heterocycles. The van der Waals surface area contributed by atoms with E-state index < -0.39 is 5.91 Å². The standard InChI is InChI=1S/C16H13BrClN3O2/c17-13-5-2-4-12(8-13)16(23)19-10-15(22)21-20-9-11-3-1-6-14(18)7-11/h1-9H,10H2,(H,19,23)(H,21,22)/b20-9+. The van der Waals surface area contributed by atoms with Gasteiger partial charge in [-0.15, -0.1) is 0 Å². The van der Waals surface area contributed by atoms with Crippen LogP contribution in [0.25, 0.3) is 0 Å². The van der Waals surface area contributed by atoms with Crippen molar-refractivity contribution in [2.75, 3.05) is 6.54 Å². The molecule has 2 amide bonds. The number of hydrogen-bond acceptors (Lipinski definition) is 3. The lowest BCUT2D eigenvalue weighted by Gasteiger charge is -2.04. The van der Waals surface area contributed by atoms with Crippen LogP contribution >= 0.6 is 27.5 Å². The average molecular weight is 395 g/mol. The predicted molar refractivity (Wildman–Crippen MR) is 93.7 cm³/mol. The minimum Gasteiger partial charge on any atom is -0.343 e. The van der Waals surface area contributed by atoms with Gasteiger partial charge in [0.05, 0.1) is 12.8 Å². The van der Waals surface area contributed by atoms with Crippen LogP contribution in [0.5, 0.6) is 0 Å². The van der Waals surface area contributed by atoms with Gasteiger partial charge >= 0.3 is 0 Å². The van der Waals surface area contributed by atoms with Crippen molar-refractivity contribution < 1.29 is 9.59 Å². The molecule has 0 aliphatic carbocycles. The molecule has 0 radical (unpaired) electrons. The summed E-state index contributed by atoms with van der Waals surface area (Å²) in [5.74, 6) is -0.758. The third-order valence-electron chi connectivity index (χ3n) is 2.75. The second kappa shape index (κ2) is 8.45. The van der Waals surface area contributed by atoms with Crippen LogP contribution < -0.4 is 10.7 Å². The maximum atomic E-state index is 11.9. The van der Waals surface area contributed by atoms with Gasteiger partial charge in [-0.1, -0.05) is 45.7 Å². The fourth-order valence-electron chi connectivity index (χ4n) is 1.70. The Kier molecular flexibility index (Phi) is 6.31. The van der Waals surface area contributed by atoms with Gasteiger partial charge < -0.3 is 5.32 Å². The Bertz CT molecular complexity index is 750. The highest BCUT2D eigenvalue weighted by molar-refractivity contribution is 9.10. The third-order valence-corrected chi connectivity index (χ3v) is 3.48. The number of halogens is 2. The number of rotatable bonds is 5. The molecule has 0 atom stereocenters. The van der Waals surface area contributed by atoms with Crippen molar-refractivity contribution >= 4 is 45.6 Å². The summed E-state index contributed by atoms with van der Waals surface area (Å²) >= 11 is 9.12. The normalized spacial score (nSPS) is 10.5. The Morgan fingerprint density at radius 3 is 2.70 bits per heavy atom. The van der Waals surface area contributed by atoms with E-state index in [-0.39, 0.29) is 12.5 Å². The topological polar surface area (TPSA) is 70.6 Å². The van der Waals surface area contributed by atoms with E-state index in [1.165, 1.54) is 6.21 Å². The van der Waals surface area contributed by atoms with E-state index in [9.17, 15) is 9.59 Å². The zero-order chi connectivity index (χ0) is 16.7. The molecule has 0 spiro atoms. The number of carbonyl (C=O) groups excluding carboxylic acids is 2. The number of hydrazone groups is 1. The molecule has 0 fully saturated rings. The van der Waals surface area contributed by atoms with Crippen molar-refractivity contribution in [3.05, 3.63) is 69.2 Å². The molecule has 2 aromatic rings. The first kappa shape index (κ1) is 17.2. The summed E-state index contributed by atoms with van der Waals surface area (Å²) in [5.41, 5.74) is 3.56. The summed E-state index contributed by atoms with van der Waals surface area (Å²) in [5, 5.41) is 6.91. The molecule has 0 aromatic heterocycles. The molecule has 0 saturated heterocycles. The van der Waals surface area contributed by atoms with Crippen LogP contribution in [0, 0.1) is 0 Å². The lowest BCUT2D eigenvalue weighted by molar-refractivity contribution is -0.120. The number of hydrogen-bond donors (Lipinski definition) is 2. The molecular formula is C16H13BrClN3O2. The molecule has 7 heteroatoms. The Balaban J connectivity index is 1.80. The van der Waals surface area contributed by atoms with Crippen molar-refractivity contribution in [1.82, 2.24) is 10.7 Å². The minimum absolute atomic E-state index is 0.168. The summed E-state index contributed by atoms with van der Waals surface area (Å²) in [7, 11) is 0. The quantitative estimate of drug-likeness (QED) is 0.604. The van der Waals surface area contributed by atoms with Gasteiger partial charge in [0, 0.05) is 15.1 Å². The maximum absolute atomic E-state index is 11.9. The second-order valence-corrected chi connectivity index (χ2v) is 5.89. The van der Waals surface area contributed by atoms with Gasteiger partial charge in [-0.2, -0.15) is 5.10 Å². The van der Waals surface area contributed by atoms with Gasteiger partial charge in [-0.25, -0.2) is 5.43 Å². The van der Waals surface area contributed by atoms with Gasteiger partial charge in [0.25, 0.3) is 11.8 Å². The van der Waals surface area contributed by atoms with Gasteiger partial charge in [-0.05, 0) is 35.9 Å². The first-order valence-corrected chi connectivity index (χ1v) is 7.83. The molecule has 2 N–H and O–H groups in total. The van der Waals surface area contributed by atoms with Gasteiger partial charge in [-0.3, -0.25) is 9.59 Å². The van der Waals surface area contributed by atoms with Crippen LogP contribution in [0.3, 0.4) is 0 Å². The van der Waals surface area contributed by atoms with E-state index in [1.54, 1.807) is 42.5 Å². The van der Waals surface area contributed by atoms with Crippen molar-refractivity contribution in [3.63, 3.8) is 0 Å². The Labute approximate surface area is 146 Å². The Morgan fingerprint density at radius 1 is 1.17 bits per heavy atom. The van der Waals surface area contributed by atoms with E-state index >= 15 is 0 Å². The number of carbonyl (C=O) groups is 2. The van der Waals surface area contributed by atoms with Gasteiger partial charge in [0.1, 0.15) is 0 Å². The van der Waals surface area contributed by atoms with Crippen molar-refractivity contribution in [2.45, 2.75) is 0 Å². The third kappa shape index (κ3) is 5.84. The van der Waals surface area contributed by atoms with Crippen molar-refractivity contribution in [1.29, 1.82) is 0 Å². The number of amides is 2.